The highest BCUT2D eigenvalue weighted by molar-refractivity contribution is 7.20. The summed E-state index contributed by atoms with van der Waals surface area (Å²) in [6.45, 7) is 4.16. The lowest BCUT2D eigenvalue weighted by Gasteiger charge is -2.04. The Morgan fingerprint density at radius 3 is 2.88 bits per heavy atom. The van der Waals surface area contributed by atoms with Gasteiger partial charge in [0.15, 0.2) is 5.78 Å². The number of fused-ring (bicyclic) bond motifs is 1. The van der Waals surface area contributed by atoms with Crippen molar-refractivity contribution in [3.63, 3.8) is 0 Å². The minimum absolute atomic E-state index is 0.168. The molecule has 0 saturated carbocycles. The molecule has 0 saturated heterocycles. The van der Waals surface area contributed by atoms with Crippen LogP contribution in [-0.2, 0) is 0 Å². The number of Topliss-reactive ketones (excluding diaryl/α,β-unsaturated/α-hetero) is 1. The SMILES string of the molecule is CCC(C)CC(=O)c1cc2ccc(F)cc2s1. The predicted octanol–water partition coefficient (Wildman–Crippen LogP) is 4.66. The number of carbonyl (C=O) groups is 1. The third-order valence-corrected chi connectivity index (χ3v) is 4.13. The van der Waals surface area contributed by atoms with E-state index in [1.165, 1.54) is 23.5 Å². The summed E-state index contributed by atoms with van der Waals surface area (Å²) in [5.41, 5.74) is 0. The third-order valence-electron chi connectivity index (χ3n) is 2.99. The van der Waals surface area contributed by atoms with Gasteiger partial charge in [-0.15, -0.1) is 11.3 Å². The van der Waals surface area contributed by atoms with Crippen LogP contribution in [0.1, 0.15) is 36.4 Å². The van der Waals surface area contributed by atoms with Crippen molar-refractivity contribution >= 4 is 27.2 Å². The first kappa shape index (κ1) is 12.2. The summed E-state index contributed by atoms with van der Waals surface area (Å²) in [4.78, 5) is 12.7. The maximum Gasteiger partial charge on any atom is 0.173 e. The number of ketones is 1. The monoisotopic (exact) mass is 250 g/mol. The number of thiophene rings is 1. The second-order valence-corrected chi connectivity index (χ2v) is 5.52. The van der Waals surface area contributed by atoms with Gasteiger partial charge in [0, 0.05) is 11.1 Å². The third kappa shape index (κ3) is 2.72. The van der Waals surface area contributed by atoms with Gasteiger partial charge >= 0.3 is 0 Å². The highest BCUT2D eigenvalue weighted by Crippen LogP contribution is 2.28. The molecule has 0 amide bonds. The Morgan fingerprint density at radius 1 is 1.41 bits per heavy atom. The Bertz CT molecular complexity index is 544. The zero-order valence-corrected chi connectivity index (χ0v) is 10.8. The fraction of sp³-hybridized carbons (Fsp3) is 0.357. The molecule has 0 bridgehead atoms. The summed E-state index contributed by atoms with van der Waals surface area (Å²) in [5.74, 6) is 0.325. The van der Waals surface area contributed by atoms with Gasteiger partial charge in [-0.1, -0.05) is 26.3 Å². The van der Waals surface area contributed by atoms with Crippen LogP contribution in [-0.4, -0.2) is 5.78 Å². The summed E-state index contributed by atoms with van der Waals surface area (Å²) in [6, 6.07) is 6.50. The first-order valence-corrected chi connectivity index (χ1v) is 6.64. The van der Waals surface area contributed by atoms with E-state index in [2.05, 4.69) is 13.8 Å². The molecule has 0 radical (unpaired) electrons. The molecule has 2 rings (SSSR count). The number of rotatable bonds is 4. The molecule has 1 heterocycles. The van der Waals surface area contributed by atoms with Crippen molar-refractivity contribution in [2.24, 2.45) is 5.92 Å². The molecule has 0 aliphatic heterocycles. The molecule has 0 fully saturated rings. The van der Waals surface area contributed by atoms with E-state index in [0.717, 1.165) is 21.4 Å². The summed E-state index contributed by atoms with van der Waals surface area (Å²) in [6.07, 6.45) is 1.58. The van der Waals surface area contributed by atoms with Gasteiger partial charge in [0.05, 0.1) is 4.88 Å². The van der Waals surface area contributed by atoms with Gasteiger partial charge in [-0.3, -0.25) is 4.79 Å². The van der Waals surface area contributed by atoms with Crippen LogP contribution in [0.15, 0.2) is 24.3 Å². The molecule has 2 aromatic rings. The number of halogens is 1. The summed E-state index contributed by atoms with van der Waals surface area (Å²) in [5, 5.41) is 0.948. The Balaban J connectivity index is 2.27. The molecule has 1 atom stereocenters. The van der Waals surface area contributed by atoms with E-state index < -0.39 is 0 Å². The van der Waals surface area contributed by atoms with Crippen LogP contribution < -0.4 is 0 Å². The van der Waals surface area contributed by atoms with Gasteiger partial charge in [0.25, 0.3) is 0 Å². The molecular weight excluding hydrogens is 235 g/mol. The van der Waals surface area contributed by atoms with Crippen molar-refractivity contribution in [3.8, 4) is 0 Å². The predicted molar refractivity (Wildman–Crippen MR) is 70.2 cm³/mol. The smallest absolute Gasteiger partial charge is 0.173 e. The van der Waals surface area contributed by atoms with E-state index in [-0.39, 0.29) is 11.6 Å². The molecule has 90 valence electrons. The van der Waals surface area contributed by atoms with E-state index in [4.69, 9.17) is 0 Å². The Kier molecular flexibility index (Phi) is 3.57. The van der Waals surface area contributed by atoms with E-state index in [0.29, 0.717) is 12.3 Å². The van der Waals surface area contributed by atoms with Gasteiger partial charge in [0.1, 0.15) is 5.82 Å². The van der Waals surface area contributed by atoms with Crippen molar-refractivity contribution in [3.05, 3.63) is 35.0 Å². The number of benzene rings is 1. The molecule has 0 spiro atoms. The van der Waals surface area contributed by atoms with Gasteiger partial charge in [-0.25, -0.2) is 4.39 Å². The largest absolute Gasteiger partial charge is 0.293 e. The highest BCUT2D eigenvalue weighted by Gasteiger charge is 2.13. The van der Waals surface area contributed by atoms with Crippen molar-refractivity contribution in [2.75, 3.05) is 0 Å². The van der Waals surface area contributed by atoms with Crippen LogP contribution >= 0.6 is 11.3 Å². The van der Waals surface area contributed by atoms with Gasteiger partial charge in [0.2, 0.25) is 0 Å². The Morgan fingerprint density at radius 2 is 2.18 bits per heavy atom. The van der Waals surface area contributed by atoms with Gasteiger partial charge in [-0.2, -0.15) is 0 Å². The number of hydrogen-bond acceptors (Lipinski definition) is 2. The molecular formula is C14H15FOS. The summed E-state index contributed by atoms with van der Waals surface area (Å²) < 4.78 is 13.9. The standard InChI is InChI=1S/C14H15FOS/c1-3-9(2)6-12(16)14-7-10-4-5-11(15)8-13(10)17-14/h4-5,7-9H,3,6H2,1-2H3. The average Bonchev–Trinajstić information content (AvgIpc) is 2.71. The minimum Gasteiger partial charge on any atom is -0.293 e. The van der Waals surface area contributed by atoms with Gasteiger partial charge < -0.3 is 0 Å². The fourth-order valence-corrected chi connectivity index (χ4v) is 2.74. The van der Waals surface area contributed by atoms with Crippen LogP contribution in [0.25, 0.3) is 10.1 Å². The topological polar surface area (TPSA) is 17.1 Å². The Hall–Kier alpha value is -1.22. The zero-order chi connectivity index (χ0) is 12.4. The second kappa shape index (κ2) is 4.96. The van der Waals surface area contributed by atoms with Crippen LogP contribution in [0.3, 0.4) is 0 Å². The minimum atomic E-state index is -0.250. The molecule has 0 N–H and O–H groups in total. The van der Waals surface area contributed by atoms with E-state index in [1.54, 1.807) is 6.07 Å². The summed E-state index contributed by atoms with van der Waals surface area (Å²) >= 11 is 1.38. The van der Waals surface area contributed by atoms with E-state index in [9.17, 15) is 9.18 Å². The lowest BCUT2D eigenvalue weighted by atomic mass is 10.0. The first-order chi connectivity index (χ1) is 8.10. The maximum absolute atomic E-state index is 13.0. The van der Waals surface area contributed by atoms with Crippen molar-refractivity contribution in [1.29, 1.82) is 0 Å². The molecule has 17 heavy (non-hydrogen) atoms. The quantitative estimate of drug-likeness (QED) is 0.721. The average molecular weight is 250 g/mol. The Labute approximate surface area is 104 Å². The molecule has 3 heteroatoms. The number of carbonyl (C=O) groups excluding carboxylic acids is 1. The lowest BCUT2D eigenvalue weighted by molar-refractivity contribution is 0.0967. The summed E-state index contributed by atoms with van der Waals surface area (Å²) in [7, 11) is 0. The second-order valence-electron chi connectivity index (χ2n) is 4.43. The van der Waals surface area contributed by atoms with Crippen molar-refractivity contribution in [1.82, 2.24) is 0 Å². The first-order valence-electron chi connectivity index (χ1n) is 5.82. The normalized spacial score (nSPS) is 12.9. The van der Waals surface area contributed by atoms with Gasteiger partial charge in [-0.05, 0) is 29.5 Å². The van der Waals surface area contributed by atoms with Crippen LogP contribution in [0.2, 0.25) is 0 Å². The highest BCUT2D eigenvalue weighted by atomic mass is 32.1. The lowest BCUT2D eigenvalue weighted by Crippen LogP contribution is -2.03. The molecule has 0 aliphatic rings. The maximum atomic E-state index is 13.0. The molecule has 1 nitrogen and oxygen atoms in total. The molecule has 0 aliphatic carbocycles. The van der Waals surface area contributed by atoms with Crippen molar-refractivity contribution in [2.45, 2.75) is 26.7 Å². The molecule has 1 unspecified atom stereocenters. The van der Waals surface area contributed by atoms with Crippen LogP contribution in [0.4, 0.5) is 4.39 Å². The van der Waals surface area contributed by atoms with E-state index >= 15 is 0 Å². The molecule has 1 aromatic heterocycles. The zero-order valence-electron chi connectivity index (χ0n) is 10.00. The van der Waals surface area contributed by atoms with E-state index in [1.807, 2.05) is 6.07 Å². The van der Waals surface area contributed by atoms with Crippen molar-refractivity contribution < 1.29 is 9.18 Å². The molecule has 1 aromatic carbocycles. The number of hydrogen-bond donors (Lipinski definition) is 0. The van der Waals surface area contributed by atoms with Crippen LogP contribution in [0.5, 0.6) is 0 Å². The van der Waals surface area contributed by atoms with Crippen LogP contribution in [0, 0.1) is 11.7 Å². The fourth-order valence-electron chi connectivity index (χ4n) is 1.70.